The molecule has 0 aliphatic carbocycles. The van der Waals surface area contributed by atoms with Crippen molar-refractivity contribution in [1.29, 1.82) is 5.26 Å². The third-order valence-electron chi connectivity index (χ3n) is 2.05. The molecule has 1 unspecified atom stereocenters. The summed E-state index contributed by atoms with van der Waals surface area (Å²) in [5, 5.41) is 21.0. The molecular weight excluding hydrogens is 200 g/mol. The Hall–Kier alpha value is -1.08. The lowest BCUT2D eigenvalue weighted by molar-refractivity contribution is 0.251. The number of likely N-dealkylation sites (N-methyl/N-ethyl adjacent to an activating group) is 1. The summed E-state index contributed by atoms with van der Waals surface area (Å²) in [7, 11) is 1.76. The van der Waals surface area contributed by atoms with Crippen LogP contribution in [0.15, 0.2) is 18.2 Å². The van der Waals surface area contributed by atoms with Gasteiger partial charge in [-0.1, -0.05) is 17.7 Å². The first-order valence-electron chi connectivity index (χ1n) is 4.20. The van der Waals surface area contributed by atoms with Gasteiger partial charge in [0.2, 0.25) is 0 Å². The van der Waals surface area contributed by atoms with Crippen molar-refractivity contribution in [1.82, 2.24) is 5.32 Å². The lowest BCUT2D eigenvalue weighted by atomic mass is 10.1. The molecule has 0 amide bonds. The van der Waals surface area contributed by atoms with Crippen molar-refractivity contribution in [2.45, 2.75) is 6.04 Å². The number of nitrogens with one attached hydrogen (secondary N) is 1. The molecular formula is C10H11ClN2O. The number of benzene rings is 1. The summed E-state index contributed by atoms with van der Waals surface area (Å²) in [5.74, 6) is 0. The minimum atomic E-state index is -0.139. The largest absolute Gasteiger partial charge is 0.394 e. The smallest absolute Gasteiger partial charge is 0.101 e. The van der Waals surface area contributed by atoms with Crippen LogP contribution < -0.4 is 5.32 Å². The number of nitriles is 1. The standard InChI is InChI=1S/C10H11ClN2O/c1-13-10(6-14)7-2-3-8(5-12)9(11)4-7/h2-4,10,13-14H,6H2,1H3. The minimum absolute atomic E-state index is 0.00126. The first-order valence-corrected chi connectivity index (χ1v) is 4.58. The predicted molar refractivity (Wildman–Crippen MR) is 55.1 cm³/mol. The van der Waals surface area contributed by atoms with Crippen molar-refractivity contribution in [2.24, 2.45) is 0 Å². The molecule has 0 spiro atoms. The van der Waals surface area contributed by atoms with Crippen LogP contribution in [-0.4, -0.2) is 18.8 Å². The average Bonchev–Trinajstić information content (AvgIpc) is 2.20. The summed E-state index contributed by atoms with van der Waals surface area (Å²) in [4.78, 5) is 0. The molecule has 0 bridgehead atoms. The van der Waals surface area contributed by atoms with E-state index in [0.717, 1.165) is 5.56 Å². The molecule has 1 aromatic carbocycles. The van der Waals surface area contributed by atoms with Gasteiger partial charge in [0, 0.05) is 0 Å². The quantitative estimate of drug-likeness (QED) is 0.795. The van der Waals surface area contributed by atoms with Crippen LogP contribution in [0.5, 0.6) is 0 Å². The maximum absolute atomic E-state index is 9.03. The van der Waals surface area contributed by atoms with Gasteiger partial charge in [-0.25, -0.2) is 0 Å². The van der Waals surface area contributed by atoms with Crippen molar-refractivity contribution in [2.75, 3.05) is 13.7 Å². The summed E-state index contributed by atoms with van der Waals surface area (Å²) < 4.78 is 0. The third kappa shape index (κ3) is 2.24. The van der Waals surface area contributed by atoms with E-state index in [9.17, 15) is 0 Å². The fourth-order valence-electron chi connectivity index (χ4n) is 1.20. The van der Waals surface area contributed by atoms with Gasteiger partial charge in [-0.15, -0.1) is 0 Å². The molecule has 0 aliphatic heterocycles. The number of rotatable bonds is 3. The van der Waals surface area contributed by atoms with Crippen LogP contribution in [-0.2, 0) is 0 Å². The van der Waals surface area contributed by atoms with Crippen molar-refractivity contribution < 1.29 is 5.11 Å². The first-order chi connectivity index (χ1) is 6.72. The van der Waals surface area contributed by atoms with Gasteiger partial charge in [-0.2, -0.15) is 5.26 Å². The third-order valence-corrected chi connectivity index (χ3v) is 2.36. The van der Waals surface area contributed by atoms with Crippen LogP contribution in [0.25, 0.3) is 0 Å². The summed E-state index contributed by atoms with van der Waals surface area (Å²) in [6.45, 7) is -0.00126. The van der Waals surface area contributed by atoms with E-state index in [4.69, 9.17) is 22.0 Å². The highest BCUT2D eigenvalue weighted by Crippen LogP contribution is 2.20. The van der Waals surface area contributed by atoms with Crippen LogP contribution in [0, 0.1) is 11.3 Å². The van der Waals surface area contributed by atoms with E-state index in [1.807, 2.05) is 6.07 Å². The van der Waals surface area contributed by atoms with Crippen LogP contribution in [0.3, 0.4) is 0 Å². The highest BCUT2D eigenvalue weighted by atomic mass is 35.5. The Morgan fingerprint density at radius 3 is 2.79 bits per heavy atom. The fraction of sp³-hybridized carbons (Fsp3) is 0.300. The summed E-state index contributed by atoms with van der Waals surface area (Å²) in [5.41, 5.74) is 1.32. The number of nitrogens with zero attached hydrogens (tertiary/aromatic N) is 1. The van der Waals surface area contributed by atoms with Crippen molar-refractivity contribution in [3.63, 3.8) is 0 Å². The molecule has 4 heteroatoms. The van der Waals surface area contributed by atoms with Crippen LogP contribution in [0.4, 0.5) is 0 Å². The van der Waals surface area contributed by atoms with Crippen LogP contribution in [0.2, 0.25) is 5.02 Å². The van der Waals surface area contributed by atoms with Crippen LogP contribution in [0.1, 0.15) is 17.2 Å². The zero-order valence-corrected chi connectivity index (χ0v) is 8.54. The Morgan fingerprint density at radius 1 is 1.64 bits per heavy atom. The van der Waals surface area contributed by atoms with E-state index in [1.165, 1.54) is 0 Å². The Balaban J connectivity index is 3.02. The van der Waals surface area contributed by atoms with E-state index in [2.05, 4.69) is 5.32 Å². The Morgan fingerprint density at radius 2 is 2.36 bits per heavy atom. The highest BCUT2D eigenvalue weighted by molar-refractivity contribution is 6.31. The number of halogens is 1. The Labute approximate surface area is 87.9 Å². The first kappa shape index (κ1) is 11.0. The van der Waals surface area contributed by atoms with E-state index >= 15 is 0 Å². The second-order valence-electron chi connectivity index (χ2n) is 2.87. The van der Waals surface area contributed by atoms with E-state index in [0.29, 0.717) is 10.6 Å². The molecule has 0 saturated heterocycles. The van der Waals surface area contributed by atoms with Gasteiger partial charge in [-0.3, -0.25) is 0 Å². The van der Waals surface area contributed by atoms with E-state index in [-0.39, 0.29) is 12.6 Å². The molecule has 3 nitrogen and oxygen atoms in total. The Bertz CT molecular complexity index is 356. The van der Waals surface area contributed by atoms with Gasteiger partial charge in [0.1, 0.15) is 6.07 Å². The second-order valence-corrected chi connectivity index (χ2v) is 3.28. The van der Waals surface area contributed by atoms with Gasteiger partial charge in [0.25, 0.3) is 0 Å². The van der Waals surface area contributed by atoms with E-state index in [1.54, 1.807) is 25.2 Å². The maximum Gasteiger partial charge on any atom is 0.101 e. The molecule has 1 aromatic rings. The molecule has 14 heavy (non-hydrogen) atoms. The Kier molecular flexibility index (Phi) is 3.90. The lowest BCUT2D eigenvalue weighted by Crippen LogP contribution is -2.19. The number of hydrogen-bond acceptors (Lipinski definition) is 3. The molecule has 0 aliphatic rings. The normalized spacial score (nSPS) is 12.1. The molecule has 0 heterocycles. The SMILES string of the molecule is CNC(CO)c1ccc(C#N)c(Cl)c1. The van der Waals surface area contributed by atoms with Gasteiger partial charge >= 0.3 is 0 Å². The number of aliphatic hydroxyl groups is 1. The topological polar surface area (TPSA) is 56.0 Å². The van der Waals surface area contributed by atoms with E-state index < -0.39 is 0 Å². The average molecular weight is 211 g/mol. The van der Waals surface area contributed by atoms with Gasteiger partial charge in [-0.05, 0) is 24.7 Å². The van der Waals surface area contributed by atoms with Gasteiger partial charge < -0.3 is 10.4 Å². The summed E-state index contributed by atoms with van der Waals surface area (Å²) >= 11 is 5.86. The van der Waals surface area contributed by atoms with Gasteiger partial charge in [0.05, 0.1) is 23.2 Å². The zero-order chi connectivity index (χ0) is 10.6. The predicted octanol–water partition coefficient (Wildman–Crippen LogP) is 1.46. The van der Waals surface area contributed by atoms with Crippen molar-refractivity contribution in [3.8, 4) is 6.07 Å². The fourth-order valence-corrected chi connectivity index (χ4v) is 1.43. The highest BCUT2D eigenvalue weighted by Gasteiger charge is 2.09. The summed E-state index contributed by atoms with van der Waals surface area (Å²) in [6, 6.07) is 6.97. The molecule has 2 N–H and O–H groups in total. The molecule has 1 rings (SSSR count). The number of hydrogen-bond donors (Lipinski definition) is 2. The maximum atomic E-state index is 9.03. The van der Waals surface area contributed by atoms with Crippen molar-refractivity contribution >= 4 is 11.6 Å². The monoisotopic (exact) mass is 210 g/mol. The second kappa shape index (κ2) is 4.97. The summed E-state index contributed by atoms with van der Waals surface area (Å²) in [6.07, 6.45) is 0. The molecule has 0 saturated carbocycles. The molecule has 0 aromatic heterocycles. The van der Waals surface area contributed by atoms with Crippen LogP contribution >= 0.6 is 11.6 Å². The molecule has 1 atom stereocenters. The molecule has 74 valence electrons. The molecule has 0 fully saturated rings. The zero-order valence-electron chi connectivity index (χ0n) is 7.79. The van der Waals surface area contributed by atoms with Crippen molar-refractivity contribution in [3.05, 3.63) is 34.3 Å². The molecule has 0 radical (unpaired) electrons. The lowest BCUT2D eigenvalue weighted by Gasteiger charge is -2.13. The van der Waals surface area contributed by atoms with Gasteiger partial charge in [0.15, 0.2) is 0 Å². The number of aliphatic hydroxyl groups excluding tert-OH is 1. The minimum Gasteiger partial charge on any atom is -0.394 e.